The predicted molar refractivity (Wildman–Crippen MR) is 114 cm³/mol. The minimum Gasteiger partial charge on any atom is -0.393 e. The number of piperidine rings is 1. The van der Waals surface area contributed by atoms with Crippen LogP contribution >= 0.6 is 0 Å². The van der Waals surface area contributed by atoms with Crippen LogP contribution in [0.25, 0.3) is 0 Å². The predicted octanol–water partition coefficient (Wildman–Crippen LogP) is 4.14. The number of nitrogens with zero attached hydrogens (tertiary/aromatic N) is 2. The average Bonchev–Trinajstić information content (AvgIpc) is 2.51. The first-order valence-electron chi connectivity index (χ1n) is 9.55. The summed E-state index contributed by atoms with van der Waals surface area (Å²) >= 11 is 0. The summed E-state index contributed by atoms with van der Waals surface area (Å²) in [5, 5.41) is 10.6. The summed E-state index contributed by atoms with van der Waals surface area (Å²) in [7, 11) is 0. The number of nitrogens with one attached hydrogen (secondary N) is 3. The summed E-state index contributed by atoms with van der Waals surface area (Å²) < 4.78 is 0. The molecule has 0 aliphatic carbocycles. The van der Waals surface area contributed by atoms with E-state index in [1.807, 2.05) is 0 Å². The van der Waals surface area contributed by atoms with Crippen molar-refractivity contribution < 1.29 is 0 Å². The molecule has 1 aliphatic rings. The van der Waals surface area contributed by atoms with E-state index in [2.05, 4.69) is 85.7 Å². The molecule has 2 aromatic rings. The number of rotatable bonds is 4. The summed E-state index contributed by atoms with van der Waals surface area (Å²) in [6, 6.07) is 6.58. The number of benzene rings is 1. The van der Waals surface area contributed by atoms with Crippen LogP contribution in [-0.4, -0.2) is 27.1 Å². The Bertz CT molecular complexity index is 811. The Morgan fingerprint density at radius 2 is 1.67 bits per heavy atom. The molecule has 0 radical (unpaired) electrons. The highest BCUT2D eigenvalue weighted by molar-refractivity contribution is 5.78. The molecule has 0 bridgehead atoms. The van der Waals surface area contributed by atoms with Crippen LogP contribution < -0.4 is 21.7 Å². The van der Waals surface area contributed by atoms with E-state index in [1.54, 1.807) is 6.33 Å². The normalized spacial score (nSPS) is 18.9. The molecular weight excluding hydrogens is 336 g/mol. The average molecular weight is 369 g/mol. The van der Waals surface area contributed by atoms with Gasteiger partial charge in [0.15, 0.2) is 11.6 Å². The second kappa shape index (κ2) is 7.00. The third-order valence-electron chi connectivity index (χ3n) is 5.06. The first kappa shape index (κ1) is 19.4. The Morgan fingerprint density at radius 3 is 2.33 bits per heavy atom. The molecule has 1 fully saturated rings. The lowest BCUT2D eigenvalue weighted by Crippen LogP contribution is -2.60. The van der Waals surface area contributed by atoms with Crippen molar-refractivity contribution in [3.05, 3.63) is 35.7 Å². The maximum Gasteiger partial charge on any atom is 0.159 e. The molecule has 0 amide bonds. The SMILES string of the molecule is Cc1ccc(C)c(Nc2ncnc(NC3CC(C)(C)NC(C)(C)C3)c2N)c1. The van der Waals surface area contributed by atoms with Crippen molar-refractivity contribution in [1.82, 2.24) is 15.3 Å². The van der Waals surface area contributed by atoms with E-state index in [-0.39, 0.29) is 11.1 Å². The van der Waals surface area contributed by atoms with Crippen molar-refractivity contribution in [2.75, 3.05) is 16.4 Å². The van der Waals surface area contributed by atoms with Gasteiger partial charge in [0.2, 0.25) is 0 Å². The number of nitrogens with two attached hydrogens (primary N) is 1. The van der Waals surface area contributed by atoms with Crippen LogP contribution in [0.2, 0.25) is 0 Å². The van der Waals surface area contributed by atoms with E-state index in [9.17, 15) is 0 Å². The minimum atomic E-state index is 0.0565. The van der Waals surface area contributed by atoms with Gasteiger partial charge in [0.25, 0.3) is 0 Å². The Morgan fingerprint density at radius 1 is 1.04 bits per heavy atom. The molecule has 27 heavy (non-hydrogen) atoms. The maximum atomic E-state index is 6.41. The highest BCUT2D eigenvalue weighted by atomic mass is 15.1. The standard InChI is InChI=1S/C21H32N6/c1-13-7-8-14(2)16(9-13)26-19-17(22)18(23-12-24-19)25-15-10-20(3,4)27-21(5,6)11-15/h7-9,12,15,27H,10-11,22H2,1-6H3,(H2,23,24,25,26). The second-order valence-corrected chi connectivity index (χ2v) is 9.07. The molecule has 3 rings (SSSR count). The van der Waals surface area contributed by atoms with Crippen LogP contribution in [0.15, 0.2) is 24.5 Å². The van der Waals surface area contributed by atoms with E-state index in [1.165, 1.54) is 5.56 Å². The molecule has 1 aliphatic heterocycles. The van der Waals surface area contributed by atoms with Crippen LogP contribution in [0.4, 0.5) is 23.0 Å². The Kier molecular flexibility index (Phi) is 5.04. The number of nitrogen functional groups attached to an aromatic ring is 1. The third kappa shape index (κ3) is 4.69. The van der Waals surface area contributed by atoms with Crippen molar-refractivity contribution in [3.63, 3.8) is 0 Å². The Balaban J connectivity index is 1.82. The fourth-order valence-corrected chi connectivity index (χ4v) is 4.23. The topological polar surface area (TPSA) is 87.9 Å². The van der Waals surface area contributed by atoms with E-state index >= 15 is 0 Å². The largest absolute Gasteiger partial charge is 0.393 e. The Hall–Kier alpha value is -2.34. The molecule has 1 aromatic carbocycles. The smallest absolute Gasteiger partial charge is 0.159 e. The highest BCUT2D eigenvalue weighted by Crippen LogP contribution is 2.33. The van der Waals surface area contributed by atoms with Gasteiger partial charge in [0.05, 0.1) is 0 Å². The second-order valence-electron chi connectivity index (χ2n) is 9.07. The van der Waals surface area contributed by atoms with Gasteiger partial charge in [-0.3, -0.25) is 0 Å². The lowest BCUT2D eigenvalue weighted by molar-refractivity contribution is 0.170. The maximum absolute atomic E-state index is 6.41. The summed E-state index contributed by atoms with van der Waals surface area (Å²) in [4.78, 5) is 8.76. The van der Waals surface area contributed by atoms with Gasteiger partial charge in [-0.1, -0.05) is 12.1 Å². The summed E-state index contributed by atoms with van der Waals surface area (Å²) in [6.07, 6.45) is 3.56. The number of hydrogen-bond acceptors (Lipinski definition) is 6. The van der Waals surface area contributed by atoms with Gasteiger partial charge in [0, 0.05) is 22.8 Å². The van der Waals surface area contributed by atoms with E-state index in [0.29, 0.717) is 23.4 Å². The molecule has 1 aromatic heterocycles. The van der Waals surface area contributed by atoms with Gasteiger partial charge in [-0.15, -0.1) is 0 Å². The number of aromatic nitrogens is 2. The fourth-order valence-electron chi connectivity index (χ4n) is 4.23. The van der Waals surface area contributed by atoms with Crippen molar-refractivity contribution >= 4 is 23.0 Å². The monoisotopic (exact) mass is 368 g/mol. The lowest BCUT2D eigenvalue weighted by atomic mass is 9.79. The fraction of sp³-hybridized carbons (Fsp3) is 0.524. The Labute approximate surface area is 162 Å². The van der Waals surface area contributed by atoms with Gasteiger partial charge in [-0.2, -0.15) is 0 Å². The lowest BCUT2D eigenvalue weighted by Gasteiger charge is -2.46. The molecule has 1 saturated heterocycles. The summed E-state index contributed by atoms with van der Waals surface area (Å²) in [5.41, 5.74) is 10.4. The van der Waals surface area contributed by atoms with Gasteiger partial charge in [0.1, 0.15) is 12.0 Å². The van der Waals surface area contributed by atoms with Crippen molar-refractivity contribution in [2.24, 2.45) is 0 Å². The molecule has 0 atom stereocenters. The van der Waals surface area contributed by atoms with E-state index in [0.717, 1.165) is 24.1 Å². The van der Waals surface area contributed by atoms with E-state index in [4.69, 9.17) is 5.73 Å². The van der Waals surface area contributed by atoms with Gasteiger partial charge < -0.3 is 21.7 Å². The molecular formula is C21H32N6. The third-order valence-corrected chi connectivity index (χ3v) is 5.06. The molecule has 6 heteroatoms. The zero-order chi connectivity index (χ0) is 19.8. The van der Waals surface area contributed by atoms with Crippen LogP contribution in [0.1, 0.15) is 51.7 Å². The van der Waals surface area contributed by atoms with Gasteiger partial charge >= 0.3 is 0 Å². The van der Waals surface area contributed by atoms with Gasteiger partial charge in [-0.05, 0) is 71.6 Å². The van der Waals surface area contributed by atoms with Crippen LogP contribution in [0, 0.1) is 13.8 Å². The molecule has 146 valence electrons. The summed E-state index contributed by atoms with van der Waals surface area (Å²) in [6.45, 7) is 13.1. The molecule has 0 saturated carbocycles. The zero-order valence-corrected chi connectivity index (χ0v) is 17.3. The number of hydrogen-bond donors (Lipinski definition) is 4. The first-order valence-corrected chi connectivity index (χ1v) is 9.55. The molecule has 5 N–H and O–H groups in total. The van der Waals surface area contributed by atoms with Crippen LogP contribution in [0.3, 0.4) is 0 Å². The number of anilines is 4. The summed E-state index contributed by atoms with van der Waals surface area (Å²) in [5.74, 6) is 1.32. The molecule has 0 spiro atoms. The first-order chi connectivity index (χ1) is 12.5. The van der Waals surface area contributed by atoms with Crippen molar-refractivity contribution in [3.8, 4) is 0 Å². The molecule has 6 nitrogen and oxygen atoms in total. The zero-order valence-electron chi connectivity index (χ0n) is 17.3. The molecule has 0 unspecified atom stereocenters. The quantitative estimate of drug-likeness (QED) is 0.649. The van der Waals surface area contributed by atoms with Gasteiger partial charge in [-0.25, -0.2) is 9.97 Å². The molecule has 2 heterocycles. The highest BCUT2D eigenvalue weighted by Gasteiger charge is 2.37. The minimum absolute atomic E-state index is 0.0565. The van der Waals surface area contributed by atoms with Crippen LogP contribution in [-0.2, 0) is 0 Å². The van der Waals surface area contributed by atoms with E-state index < -0.39 is 0 Å². The van der Waals surface area contributed by atoms with Crippen LogP contribution in [0.5, 0.6) is 0 Å². The number of aryl methyl sites for hydroxylation is 2. The van der Waals surface area contributed by atoms with Crippen molar-refractivity contribution in [1.29, 1.82) is 0 Å². The van der Waals surface area contributed by atoms with Crippen molar-refractivity contribution in [2.45, 2.75) is 71.5 Å².